The number of nitriles is 1. The molecule has 92 valence electrons. The van der Waals surface area contributed by atoms with Crippen LogP contribution in [-0.4, -0.2) is 23.5 Å². The van der Waals surface area contributed by atoms with Crippen molar-refractivity contribution in [2.24, 2.45) is 0 Å². The molecular weight excluding hydrogens is 236 g/mol. The van der Waals surface area contributed by atoms with Gasteiger partial charge in [-0.25, -0.2) is 4.98 Å². The van der Waals surface area contributed by atoms with Crippen LogP contribution in [0.2, 0.25) is 0 Å². The van der Waals surface area contributed by atoms with Crippen molar-refractivity contribution in [1.29, 1.82) is 5.26 Å². The molecule has 17 heavy (non-hydrogen) atoms. The zero-order valence-corrected chi connectivity index (χ0v) is 10.8. The van der Waals surface area contributed by atoms with Gasteiger partial charge in [-0.3, -0.25) is 4.79 Å². The number of anilines is 1. The Hall–Kier alpha value is -1.61. The van der Waals surface area contributed by atoms with Gasteiger partial charge in [0.2, 0.25) is 0 Å². The number of hydrogen-bond acceptors (Lipinski definition) is 5. The van der Waals surface area contributed by atoms with Crippen molar-refractivity contribution in [1.82, 2.24) is 10.3 Å². The van der Waals surface area contributed by atoms with Gasteiger partial charge in [0, 0.05) is 18.0 Å². The minimum Gasteiger partial charge on any atom is -0.362 e. The lowest BCUT2D eigenvalue weighted by Crippen LogP contribution is -2.34. The largest absolute Gasteiger partial charge is 0.362 e. The second-order valence-corrected chi connectivity index (χ2v) is 4.37. The predicted molar refractivity (Wildman–Crippen MR) is 68.1 cm³/mol. The van der Waals surface area contributed by atoms with Gasteiger partial charge in [-0.2, -0.15) is 5.26 Å². The van der Waals surface area contributed by atoms with Gasteiger partial charge in [0.25, 0.3) is 5.91 Å². The first-order valence-corrected chi connectivity index (χ1v) is 6.46. The lowest BCUT2D eigenvalue weighted by molar-refractivity contribution is 0.0932. The molecule has 1 rings (SSSR count). The SMILES string of the molecule is CCNc1nc(C(=O)N[C@H](CC)CC#N)cs1. The molecule has 1 aromatic rings. The van der Waals surface area contributed by atoms with Crippen LogP contribution in [-0.2, 0) is 0 Å². The second-order valence-electron chi connectivity index (χ2n) is 3.51. The fourth-order valence-corrected chi connectivity index (χ4v) is 2.04. The summed E-state index contributed by atoms with van der Waals surface area (Å²) in [6.07, 6.45) is 1.07. The Kier molecular flexibility index (Phi) is 5.43. The van der Waals surface area contributed by atoms with Gasteiger partial charge >= 0.3 is 0 Å². The summed E-state index contributed by atoms with van der Waals surface area (Å²) in [5, 5.41) is 16.9. The van der Waals surface area contributed by atoms with Crippen LogP contribution < -0.4 is 10.6 Å². The Morgan fingerprint density at radius 3 is 3.00 bits per heavy atom. The number of hydrogen-bond donors (Lipinski definition) is 2. The van der Waals surface area contributed by atoms with Crippen LogP contribution >= 0.6 is 11.3 Å². The van der Waals surface area contributed by atoms with E-state index >= 15 is 0 Å². The molecule has 0 spiro atoms. The summed E-state index contributed by atoms with van der Waals surface area (Å²) in [7, 11) is 0. The molecule has 2 N–H and O–H groups in total. The minimum atomic E-state index is -0.215. The predicted octanol–water partition coefficient (Wildman–Crippen LogP) is 2.00. The summed E-state index contributed by atoms with van der Waals surface area (Å²) in [4.78, 5) is 16.0. The quantitative estimate of drug-likeness (QED) is 0.811. The number of carbonyl (C=O) groups excluding carboxylic acids is 1. The highest BCUT2D eigenvalue weighted by Crippen LogP contribution is 2.15. The molecule has 1 atom stereocenters. The van der Waals surface area contributed by atoms with E-state index in [-0.39, 0.29) is 11.9 Å². The molecule has 0 saturated carbocycles. The van der Waals surface area contributed by atoms with Crippen LogP contribution in [0.1, 0.15) is 37.2 Å². The van der Waals surface area contributed by atoms with Crippen LogP contribution in [0.4, 0.5) is 5.13 Å². The first-order chi connectivity index (χ1) is 8.21. The van der Waals surface area contributed by atoms with Crippen LogP contribution in [0.15, 0.2) is 5.38 Å². The minimum absolute atomic E-state index is 0.100. The molecule has 0 aliphatic heterocycles. The third kappa shape index (κ3) is 4.04. The van der Waals surface area contributed by atoms with Gasteiger partial charge < -0.3 is 10.6 Å². The molecule has 1 aromatic heterocycles. The fourth-order valence-electron chi connectivity index (χ4n) is 1.28. The van der Waals surface area contributed by atoms with E-state index in [2.05, 4.69) is 21.7 Å². The van der Waals surface area contributed by atoms with Crippen molar-refractivity contribution in [3.8, 4) is 6.07 Å². The highest BCUT2D eigenvalue weighted by molar-refractivity contribution is 7.13. The molecule has 0 saturated heterocycles. The Morgan fingerprint density at radius 2 is 2.41 bits per heavy atom. The Balaban J connectivity index is 2.59. The molecule has 5 nitrogen and oxygen atoms in total. The van der Waals surface area contributed by atoms with Crippen LogP contribution in [0.5, 0.6) is 0 Å². The third-order valence-electron chi connectivity index (χ3n) is 2.23. The first-order valence-electron chi connectivity index (χ1n) is 5.58. The monoisotopic (exact) mass is 252 g/mol. The first kappa shape index (κ1) is 13.5. The van der Waals surface area contributed by atoms with Crippen molar-refractivity contribution < 1.29 is 4.79 Å². The zero-order chi connectivity index (χ0) is 12.7. The average Bonchev–Trinajstić information content (AvgIpc) is 2.77. The van der Waals surface area contributed by atoms with Crippen molar-refractivity contribution in [3.63, 3.8) is 0 Å². The number of rotatable bonds is 6. The fraction of sp³-hybridized carbons (Fsp3) is 0.545. The number of thiazole rings is 1. The van der Waals surface area contributed by atoms with Crippen LogP contribution in [0.25, 0.3) is 0 Å². The van der Waals surface area contributed by atoms with Crippen LogP contribution in [0.3, 0.4) is 0 Å². The highest BCUT2D eigenvalue weighted by atomic mass is 32.1. The highest BCUT2D eigenvalue weighted by Gasteiger charge is 2.14. The second kappa shape index (κ2) is 6.86. The maximum absolute atomic E-state index is 11.8. The van der Waals surface area contributed by atoms with Gasteiger partial charge in [0.1, 0.15) is 5.69 Å². The lowest BCUT2D eigenvalue weighted by Gasteiger charge is -2.11. The van der Waals surface area contributed by atoms with E-state index in [1.54, 1.807) is 5.38 Å². The van der Waals surface area contributed by atoms with Crippen LogP contribution in [0, 0.1) is 11.3 Å². The maximum Gasteiger partial charge on any atom is 0.271 e. The van der Waals surface area contributed by atoms with E-state index < -0.39 is 0 Å². The molecule has 0 bridgehead atoms. The molecule has 0 unspecified atom stereocenters. The summed E-state index contributed by atoms with van der Waals surface area (Å²) in [5.74, 6) is -0.215. The summed E-state index contributed by atoms with van der Waals surface area (Å²) >= 11 is 1.40. The summed E-state index contributed by atoms with van der Waals surface area (Å²) in [6.45, 7) is 4.69. The molecule has 1 heterocycles. The molecule has 0 aliphatic carbocycles. The Bertz CT molecular complexity index is 410. The zero-order valence-electron chi connectivity index (χ0n) is 9.99. The third-order valence-corrected chi connectivity index (χ3v) is 3.03. The van der Waals surface area contributed by atoms with E-state index in [0.717, 1.165) is 18.1 Å². The molecule has 0 fully saturated rings. The molecular formula is C11H16N4OS. The molecule has 0 radical (unpaired) electrons. The molecule has 1 amide bonds. The Morgan fingerprint density at radius 1 is 1.65 bits per heavy atom. The van der Waals surface area contributed by atoms with Gasteiger partial charge in [-0.05, 0) is 13.3 Å². The van der Waals surface area contributed by atoms with Crippen molar-refractivity contribution >= 4 is 22.4 Å². The topological polar surface area (TPSA) is 77.8 Å². The van der Waals surface area contributed by atoms with Gasteiger partial charge in [0.05, 0.1) is 12.5 Å². The van der Waals surface area contributed by atoms with Gasteiger partial charge in [-0.15, -0.1) is 11.3 Å². The van der Waals surface area contributed by atoms with E-state index in [9.17, 15) is 4.79 Å². The standard InChI is InChI=1S/C11H16N4OS/c1-3-8(5-6-12)14-10(16)9-7-17-11(15-9)13-4-2/h7-8H,3-5H2,1-2H3,(H,13,15)(H,14,16)/t8-/m1/s1. The lowest BCUT2D eigenvalue weighted by atomic mass is 10.1. The molecule has 0 aliphatic rings. The van der Waals surface area contributed by atoms with Crippen molar-refractivity contribution in [3.05, 3.63) is 11.1 Å². The average molecular weight is 252 g/mol. The Labute approximate surface area is 105 Å². The number of amides is 1. The maximum atomic E-state index is 11.8. The number of aromatic nitrogens is 1. The summed E-state index contributed by atoms with van der Waals surface area (Å²) in [6, 6.07) is 1.96. The number of nitrogens with zero attached hydrogens (tertiary/aromatic N) is 2. The van der Waals surface area contributed by atoms with E-state index in [1.807, 2.05) is 13.8 Å². The number of carbonyl (C=O) groups is 1. The normalized spacial score (nSPS) is 11.6. The molecule has 6 heteroatoms. The summed E-state index contributed by atoms with van der Waals surface area (Å²) < 4.78 is 0. The summed E-state index contributed by atoms with van der Waals surface area (Å²) in [5.41, 5.74) is 0.405. The number of nitrogens with one attached hydrogen (secondary N) is 2. The van der Waals surface area contributed by atoms with E-state index in [0.29, 0.717) is 12.1 Å². The van der Waals surface area contributed by atoms with E-state index in [1.165, 1.54) is 11.3 Å². The van der Waals surface area contributed by atoms with E-state index in [4.69, 9.17) is 5.26 Å². The smallest absolute Gasteiger partial charge is 0.271 e. The van der Waals surface area contributed by atoms with Gasteiger partial charge in [-0.1, -0.05) is 6.92 Å². The van der Waals surface area contributed by atoms with Gasteiger partial charge in [0.15, 0.2) is 5.13 Å². The van der Waals surface area contributed by atoms with Crippen molar-refractivity contribution in [2.75, 3.05) is 11.9 Å². The molecule has 0 aromatic carbocycles. The van der Waals surface area contributed by atoms with Crippen molar-refractivity contribution in [2.45, 2.75) is 32.7 Å².